The SMILES string of the molecule is CNC(=O)N1CCc2c(c(N3CCCC4=C3CC(C#N)C(c3cc(C)ccn3)=C4)nn2C2CCOCC2)C1. The van der Waals surface area contributed by atoms with Crippen LogP contribution in [0.5, 0.6) is 0 Å². The van der Waals surface area contributed by atoms with E-state index in [0.717, 1.165) is 80.1 Å². The number of anilines is 1. The fraction of sp³-hybridized carbons (Fsp3) is 0.517. The number of allylic oxidation sites excluding steroid dienone is 4. The van der Waals surface area contributed by atoms with Gasteiger partial charge < -0.3 is 19.9 Å². The molecule has 0 aromatic carbocycles. The van der Waals surface area contributed by atoms with E-state index in [-0.39, 0.29) is 11.9 Å². The number of hydrogen-bond acceptors (Lipinski definition) is 6. The van der Waals surface area contributed by atoms with E-state index in [2.05, 4.69) is 45.0 Å². The minimum Gasteiger partial charge on any atom is -0.381 e. The topological polar surface area (TPSA) is 99.3 Å². The minimum atomic E-state index is -0.264. The highest BCUT2D eigenvalue weighted by molar-refractivity contribution is 5.76. The monoisotopic (exact) mass is 513 g/mol. The van der Waals surface area contributed by atoms with Crippen LogP contribution in [0.15, 0.2) is 35.7 Å². The Morgan fingerprint density at radius 2 is 2.08 bits per heavy atom. The molecule has 0 spiro atoms. The normalized spacial score (nSPS) is 21.9. The molecule has 6 rings (SSSR count). The highest BCUT2D eigenvalue weighted by Gasteiger charge is 2.36. The predicted molar refractivity (Wildman–Crippen MR) is 144 cm³/mol. The Balaban J connectivity index is 1.43. The lowest BCUT2D eigenvalue weighted by molar-refractivity contribution is 0.0651. The van der Waals surface area contributed by atoms with E-state index in [1.807, 2.05) is 17.2 Å². The molecule has 1 atom stereocenters. The molecule has 2 amide bonds. The second-order valence-electron chi connectivity index (χ2n) is 10.7. The average molecular weight is 514 g/mol. The summed E-state index contributed by atoms with van der Waals surface area (Å²) in [7, 11) is 1.68. The summed E-state index contributed by atoms with van der Waals surface area (Å²) >= 11 is 0. The van der Waals surface area contributed by atoms with E-state index in [9.17, 15) is 10.1 Å². The summed E-state index contributed by atoms with van der Waals surface area (Å²) in [5.41, 5.74) is 7.89. The number of aromatic nitrogens is 3. The summed E-state index contributed by atoms with van der Waals surface area (Å²) in [5.74, 6) is 0.689. The number of aryl methyl sites for hydroxylation is 1. The van der Waals surface area contributed by atoms with Crippen molar-refractivity contribution in [3.63, 3.8) is 0 Å². The third-order valence-electron chi connectivity index (χ3n) is 8.35. The van der Waals surface area contributed by atoms with Gasteiger partial charge in [-0.15, -0.1) is 0 Å². The third kappa shape index (κ3) is 4.37. The number of nitrogens with one attached hydrogen (secondary N) is 1. The zero-order valence-corrected chi connectivity index (χ0v) is 22.2. The van der Waals surface area contributed by atoms with Gasteiger partial charge in [-0.1, -0.05) is 6.08 Å². The number of rotatable bonds is 3. The maximum atomic E-state index is 12.6. The second-order valence-corrected chi connectivity index (χ2v) is 10.7. The molecule has 0 saturated carbocycles. The summed E-state index contributed by atoms with van der Waals surface area (Å²) < 4.78 is 7.88. The van der Waals surface area contributed by atoms with E-state index in [1.54, 1.807) is 7.05 Å². The summed E-state index contributed by atoms with van der Waals surface area (Å²) in [6, 6.07) is 6.87. The average Bonchev–Trinajstić information content (AvgIpc) is 3.35. The lowest BCUT2D eigenvalue weighted by Gasteiger charge is -2.37. The summed E-state index contributed by atoms with van der Waals surface area (Å²) in [4.78, 5) is 21.4. The van der Waals surface area contributed by atoms with Gasteiger partial charge in [0.05, 0.1) is 30.3 Å². The van der Waals surface area contributed by atoms with Crippen LogP contribution in [0.4, 0.5) is 10.6 Å². The number of amides is 2. The summed E-state index contributed by atoms with van der Waals surface area (Å²) in [6.07, 6.45) is 9.36. The number of pyridine rings is 1. The van der Waals surface area contributed by atoms with Crippen LogP contribution in [0, 0.1) is 24.2 Å². The molecule has 3 aliphatic heterocycles. The number of urea groups is 1. The maximum absolute atomic E-state index is 12.6. The first-order chi connectivity index (χ1) is 18.6. The van der Waals surface area contributed by atoms with E-state index in [1.165, 1.54) is 17.0 Å². The Hall–Kier alpha value is -3.64. The molecule has 2 aromatic heterocycles. The van der Waals surface area contributed by atoms with Gasteiger partial charge in [0.25, 0.3) is 0 Å². The zero-order chi connectivity index (χ0) is 26.2. The molecule has 9 nitrogen and oxygen atoms in total. The third-order valence-corrected chi connectivity index (χ3v) is 8.35. The van der Waals surface area contributed by atoms with Gasteiger partial charge in [0.1, 0.15) is 0 Å². The number of fused-ring (bicyclic) bond motifs is 1. The van der Waals surface area contributed by atoms with Gasteiger partial charge in [-0.25, -0.2) is 4.79 Å². The van der Waals surface area contributed by atoms with Gasteiger partial charge in [-0.3, -0.25) is 9.67 Å². The van der Waals surface area contributed by atoms with Crippen LogP contribution in [0.25, 0.3) is 5.57 Å². The molecule has 0 radical (unpaired) electrons. The standard InChI is InChI=1S/C29H35N7O2/c1-19-5-9-32-25(14-19)23-15-20-4-3-10-35(27(20)16-21(23)17-30)28-24-18-34(29(37)31-2)11-6-26(24)36(33-28)22-7-12-38-13-8-22/h5,9,14-15,21-22H,3-4,6-8,10-13,16,18H2,1-2H3,(H,31,37). The first-order valence-electron chi connectivity index (χ1n) is 13.8. The lowest BCUT2D eigenvalue weighted by Crippen LogP contribution is -2.42. The molecule has 2 aromatic rings. The van der Waals surface area contributed by atoms with Gasteiger partial charge in [-0.2, -0.15) is 10.4 Å². The molecule has 5 heterocycles. The van der Waals surface area contributed by atoms with Gasteiger partial charge in [-0.05, 0) is 61.4 Å². The van der Waals surface area contributed by atoms with Crippen LogP contribution < -0.4 is 10.2 Å². The Morgan fingerprint density at radius 3 is 2.84 bits per heavy atom. The number of hydrogen-bond donors (Lipinski definition) is 1. The molecule has 4 aliphatic rings. The zero-order valence-electron chi connectivity index (χ0n) is 22.2. The molecule has 0 bridgehead atoms. The number of nitriles is 1. The number of nitrogens with zero attached hydrogens (tertiary/aromatic N) is 6. The molecule has 1 fully saturated rings. The van der Waals surface area contributed by atoms with Crippen LogP contribution in [-0.4, -0.2) is 59.0 Å². The van der Waals surface area contributed by atoms with Gasteiger partial charge >= 0.3 is 6.03 Å². The highest BCUT2D eigenvalue weighted by Crippen LogP contribution is 2.43. The van der Waals surface area contributed by atoms with Crippen LogP contribution in [0.3, 0.4) is 0 Å². The van der Waals surface area contributed by atoms with E-state index < -0.39 is 0 Å². The van der Waals surface area contributed by atoms with Crippen molar-refractivity contribution in [2.24, 2.45) is 5.92 Å². The van der Waals surface area contributed by atoms with Crippen LogP contribution in [-0.2, 0) is 17.7 Å². The fourth-order valence-electron chi connectivity index (χ4n) is 6.37. The van der Waals surface area contributed by atoms with Crippen molar-refractivity contribution in [2.75, 3.05) is 38.3 Å². The molecule has 1 unspecified atom stereocenters. The number of ether oxygens (including phenoxy) is 1. The largest absolute Gasteiger partial charge is 0.381 e. The van der Waals surface area contributed by atoms with Crippen LogP contribution in [0.2, 0.25) is 0 Å². The predicted octanol–water partition coefficient (Wildman–Crippen LogP) is 4.12. The molecule has 1 aliphatic carbocycles. The minimum absolute atomic E-state index is 0.0561. The summed E-state index contributed by atoms with van der Waals surface area (Å²) in [6.45, 7) is 5.65. The van der Waals surface area contributed by atoms with Crippen molar-refractivity contribution in [3.05, 3.63) is 58.2 Å². The Kier molecular flexibility index (Phi) is 6.66. The molecular formula is C29H35N7O2. The van der Waals surface area contributed by atoms with Crippen molar-refractivity contribution in [2.45, 2.75) is 58.0 Å². The number of carbonyl (C=O) groups is 1. The number of carbonyl (C=O) groups excluding carboxylic acids is 1. The van der Waals surface area contributed by atoms with Crippen molar-refractivity contribution < 1.29 is 9.53 Å². The van der Waals surface area contributed by atoms with Gasteiger partial charge in [0.2, 0.25) is 0 Å². The summed E-state index contributed by atoms with van der Waals surface area (Å²) in [5, 5.41) is 18.2. The first kappa shape index (κ1) is 24.7. The quantitative estimate of drug-likeness (QED) is 0.663. The Labute approximate surface area is 223 Å². The van der Waals surface area contributed by atoms with Crippen LogP contribution in [0.1, 0.15) is 60.7 Å². The molecule has 9 heteroatoms. The lowest BCUT2D eigenvalue weighted by atomic mass is 9.82. The van der Waals surface area contributed by atoms with E-state index in [4.69, 9.17) is 9.84 Å². The molecule has 38 heavy (non-hydrogen) atoms. The molecule has 1 N–H and O–H groups in total. The smallest absolute Gasteiger partial charge is 0.317 e. The fourth-order valence-corrected chi connectivity index (χ4v) is 6.37. The van der Waals surface area contributed by atoms with Crippen molar-refractivity contribution in [1.29, 1.82) is 5.26 Å². The van der Waals surface area contributed by atoms with Crippen molar-refractivity contribution >= 4 is 17.4 Å². The Bertz CT molecular complexity index is 1350. The van der Waals surface area contributed by atoms with Crippen molar-refractivity contribution in [3.8, 4) is 6.07 Å². The molecule has 198 valence electrons. The molecule has 1 saturated heterocycles. The van der Waals surface area contributed by atoms with Gasteiger partial charge in [0, 0.05) is 69.3 Å². The molecular weight excluding hydrogens is 478 g/mol. The highest BCUT2D eigenvalue weighted by atomic mass is 16.5. The van der Waals surface area contributed by atoms with Gasteiger partial charge in [0.15, 0.2) is 5.82 Å². The van der Waals surface area contributed by atoms with E-state index in [0.29, 0.717) is 25.6 Å². The van der Waals surface area contributed by atoms with E-state index >= 15 is 0 Å². The van der Waals surface area contributed by atoms with Crippen molar-refractivity contribution in [1.82, 2.24) is 25.0 Å². The van der Waals surface area contributed by atoms with Crippen LogP contribution >= 0.6 is 0 Å². The maximum Gasteiger partial charge on any atom is 0.317 e. The Morgan fingerprint density at radius 1 is 1.24 bits per heavy atom. The second kappa shape index (κ2) is 10.3. The first-order valence-corrected chi connectivity index (χ1v) is 13.8.